The minimum absolute atomic E-state index is 0.363. The fourth-order valence-corrected chi connectivity index (χ4v) is 4.90. The molecule has 0 amide bonds. The van der Waals surface area contributed by atoms with E-state index in [2.05, 4.69) is 66.9 Å². The molecule has 0 aromatic heterocycles. The number of rotatable bonds is 3. The van der Waals surface area contributed by atoms with Crippen molar-refractivity contribution in [3.05, 3.63) is 71.3 Å². The fraction of sp³-hybridized carbons (Fsp3) is 0.364. The fourth-order valence-electron chi connectivity index (χ4n) is 4.34. The second kappa shape index (κ2) is 6.14. The summed E-state index contributed by atoms with van der Waals surface area (Å²) in [6.07, 6.45) is 6.31. The molecule has 0 bridgehead atoms. The van der Waals surface area contributed by atoms with Gasteiger partial charge in [-0.25, -0.2) is 0 Å². The number of hydrogen-bond donors (Lipinski definition) is 1. The molecule has 1 N–H and O–H groups in total. The molecular weight excluding hydrogens is 326 g/mol. The van der Waals surface area contributed by atoms with Crippen LogP contribution in [0.1, 0.15) is 35.1 Å². The summed E-state index contributed by atoms with van der Waals surface area (Å²) in [5.41, 5.74) is 5.48. The highest BCUT2D eigenvalue weighted by molar-refractivity contribution is 8.00. The maximum absolute atomic E-state index is 6.00. The van der Waals surface area contributed by atoms with Crippen LogP contribution < -0.4 is 10.1 Å². The highest BCUT2D eigenvalue weighted by Crippen LogP contribution is 2.50. The molecule has 0 unspecified atom stereocenters. The number of para-hydroxylation sites is 1. The molecule has 2 aliphatic heterocycles. The van der Waals surface area contributed by atoms with Crippen molar-refractivity contribution in [2.45, 2.75) is 31.4 Å². The smallest absolute Gasteiger partial charge is 0.119 e. The van der Waals surface area contributed by atoms with Crippen LogP contribution in [-0.2, 0) is 0 Å². The zero-order valence-corrected chi connectivity index (χ0v) is 15.3. The zero-order chi connectivity index (χ0) is 16.8. The van der Waals surface area contributed by atoms with E-state index in [1.807, 2.05) is 11.8 Å². The van der Waals surface area contributed by atoms with E-state index in [0.717, 1.165) is 23.7 Å². The molecule has 0 radical (unpaired) electrons. The Hall–Kier alpha value is -1.87. The summed E-state index contributed by atoms with van der Waals surface area (Å²) in [6, 6.07) is 15.8. The molecule has 128 valence electrons. The Balaban J connectivity index is 1.44. The highest BCUT2D eigenvalue weighted by atomic mass is 32.2. The molecule has 0 spiro atoms. The molecule has 2 heterocycles. The summed E-state index contributed by atoms with van der Waals surface area (Å²) in [5.74, 6) is 4.38. The van der Waals surface area contributed by atoms with Gasteiger partial charge in [0.05, 0.1) is 6.04 Å². The van der Waals surface area contributed by atoms with Crippen LogP contribution >= 0.6 is 11.8 Å². The first kappa shape index (κ1) is 15.4. The van der Waals surface area contributed by atoms with E-state index in [0.29, 0.717) is 24.0 Å². The van der Waals surface area contributed by atoms with Crippen LogP contribution in [0.4, 0.5) is 5.69 Å². The van der Waals surface area contributed by atoms with Gasteiger partial charge in [0.2, 0.25) is 0 Å². The summed E-state index contributed by atoms with van der Waals surface area (Å²) in [4.78, 5) is 0. The van der Waals surface area contributed by atoms with Gasteiger partial charge >= 0.3 is 0 Å². The molecule has 25 heavy (non-hydrogen) atoms. The standard InChI is InChI=1S/C22H23NOS/c1-14-4-2-6-19-18-5-3-7-20(18)22(23-21(14)19)15-8-10-16(11-9-15)24-17-12-25-13-17/h2-6,8-11,17-18,20,22-23H,7,12-13H2,1H3/t18-,20-,22-/m0/s1. The van der Waals surface area contributed by atoms with E-state index in [9.17, 15) is 0 Å². The third-order valence-corrected chi connectivity index (χ3v) is 6.97. The van der Waals surface area contributed by atoms with Gasteiger partial charge in [-0.1, -0.05) is 42.5 Å². The van der Waals surface area contributed by atoms with Crippen LogP contribution in [0.25, 0.3) is 0 Å². The average Bonchev–Trinajstić information content (AvgIpc) is 3.09. The van der Waals surface area contributed by atoms with Crippen LogP contribution in [-0.4, -0.2) is 17.6 Å². The number of thioether (sulfide) groups is 1. The molecular formula is C22H23NOS. The van der Waals surface area contributed by atoms with Gasteiger partial charge in [-0.15, -0.1) is 0 Å². The lowest BCUT2D eigenvalue weighted by Crippen LogP contribution is -2.31. The van der Waals surface area contributed by atoms with E-state index in [1.54, 1.807) is 0 Å². The maximum Gasteiger partial charge on any atom is 0.119 e. The summed E-state index contributed by atoms with van der Waals surface area (Å²) in [5, 5.41) is 3.85. The van der Waals surface area contributed by atoms with Crippen LogP contribution in [0.3, 0.4) is 0 Å². The number of nitrogens with one attached hydrogen (secondary N) is 1. The Morgan fingerprint density at radius 3 is 2.68 bits per heavy atom. The monoisotopic (exact) mass is 349 g/mol. The highest BCUT2D eigenvalue weighted by Gasteiger charge is 2.38. The van der Waals surface area contributed by atoms with Gasteiger partial charge in [0.1, 0.15) is 11.9 Å². The molecule has 3 atom stereocenters. The van der Waals surface area contributed by atoms with E-state index in [-0.39, 0.29) is 0 Å². The quantitative estimate of drug-likeness (QED) is 0.758. The number of aryl methyl sites for hydroxylation is 1. The minimum atomic E-state index is 0.363. The predicted molar refractivity (Wildman–Crippen MR) is 106 cm³/mol. The average molecular weight is 349 g/mol. The molecule has 1 aliphatic carbocycles. The summed E-state index contributed by atoms with van der Waals surface area (Å²) < 4.78 is 6.00. The number of benzene rings is 2. The predicted octanol–water partition coefficient (Wildman–Crippen LogP) is 5.32. The van der Waals surface area contributed by atoms with E-state index < -0.39 is 0 Å². The summed E-state index contributed by atoms with van der Waals surface area (Å²) in [6.45, 7) is 2.20. The van der Waals surface area contributed by atoms with Gasteiger partial charge in [-0.05, 0) is 48.1 Å². The maximum atomic E-state index is 6.00. The first-order chi connectivity index (χ1) is 12.3. The molecule has 2 nitrogen and oxygen atoms in total. The number of ether oxygens (including phenoxy) is 1. The molecule has 1 fully saturated rings. The van der Waals surface area contributed by atoms with Crippen molar-refractivity contribution in [2.75, 3.05) is 16.8 Å². The summed E-state index contributed by atoms with van der Waals surface area (Å²) in [7, 11) is 0. The van der Waals surface area contributed by atoms with Crippen molar-refractivity contribution in [1.29, 1.82) is 0 Å². The normalized spacial score (nSPS) is 27.2. The number of hydrogen-bond acceptors (Lipinski definition) is 3. The van der Waals surface area contributed by atoms with Gasteiger partial charge in [-0.2, -0.15) is 11.8 Å². The Kier molecular flexibility index (Phi) is 3.78. The lowest BCUT2D eigenvalue weighted by molar-refractivity contribution is 0.240. The van der Waals surface area contributed by atoms with Gasteiger partial charge in [0.25, 0.3) is 0 Å². The van der Waals surface area contributed by atoms with Crippen LogP contribution in [0.5, 0.6) is 5.75 Å². The topological polar surface area (TPSA) is 21.3 Å². The lowest BCUT2D eigenvalue weighted by Gasteiger charge is -2.38. The van der Waals surface area contributed by atoms with Crippen molar-refractivity contribution in [3.8, 4) is 5.75 Å². The number of fused-ring (bicyclic) bond motifs is 3. The molecule has 1 saturated heterocycles. The molecule has 2 aromatic carbocycles. The van der Waals surface area contributed by atoms with Crippen molar-refractivity contribution in [3.63, 3.8) is 0 Å². The lowest BCUT2D eigenvalue weighted by atomic mass is 9.76. The molecule has 5 rings (SSSR count). The summed E-state index contributed by atoms with van der Waals surface area (Å²) >= 11 is 1.95. The third kappa shape index (κ3) is 2.65. The number of allylic oxidation sites excluding steroid dienone is 2. The molecule has 0 saturated carbocycles. The van der Waals surface area contributed by atoms with E-state index >= 15 is 0 Å². The Morgan fingerprint density at radius 1 is 1.08 bits per heavy atom. The number of anilines is 1. The zero-order valence-electron chi connectivity index (χ0n) is 14.4. The van der Waals surface area contributed by atoms with Crippen LogP contribution in [0, 0.1) is 12.8 Å². The SMILES string of the molecule is Cc1cccc2c1N[C@@H](c1ccc(OC3CSC3)cc1)[C@H]1CC=C[C@@H]21. The van der Waals surface area contributed by atoms with Crippen LogP contribution in [0.15, 0.2) is 54.6 Å². The van der Waals surface area contributed by atoms with Crippen LogP contribution in [0.2, 0.25) is 0 Å². The molecule has 2 aromatic rings. The Bertz CT molecular complexity index is 809. The molecule has 3 heteroatoms. The first-order valence-electron chi connectivity index (χ1n) is 9.16. The largest absolute Gasteiger partial charge is 0.489 e. The van der Waals surface area contributed by atoms with E-state index in [1.165, 1.54) is 22.4 Å². The third-order valence-electron chi connectivity index (χ3n) is 5.75. The second-order valence-electron chi connectivity index (χ2n) is 7.36. The van der Waals surface area contributed by atoms with Crippen molar-refractivity contribution in [2.24, 2.45) is 5.92 Å². The van der Waals surface area contributed by atoms with Gasteiger partial charge in [-0.3, -0.25) is 0 Å². The Labute approximate surface area is 153 Å². The van der Waals surface area contributed by atoms with Gasteiger partial charge < -0.3 is 10.1 Å². The van der Waals surface area contributed by atoms with Gasteiger partial charge in [0, 0.05) is 23.1 Å². The van der Waals surface area contributed by atoms with Crippen molar-refractivity contribution >= 4 is 17.4 Å². The van der Waals surface area contributed by atoms with Gasteiger partial charge in [0.15, 0.2) is 0 Å². The second-order valence-corrected chi connectivity index (χ2v) is 8.44. The first-order valence-corrected chi connectivity index (χ1v) is 10.3. The Morgan fingerprint density at radius 2 is 1.92 bits per heavy atom. The molecule has 3 aliphatic rings. The van der Waals surface area contributed by atoms with E-state index in [4.69, 9.17) is 4.74 Å². The van der Waals surface area contributed by atoms with Crippen molar-refractivity contribution in [1.82, 2.24) is 0 Å². The van der Waals surface area contributed by atoms with Crippen molar-refractivity contribution < 1.29 is 4.74 Å². The minimum Gasteiger partial charge on any atom is -0.489 e.